The number of likely N-dealkylation sites (tertiary alicyclic amines) is 1. The van der Waals surface area contributed by atoms with Gasteiger partial charge in [-0.3, -0.25) is 19.3 Å². The highest BCUT2D eigenvalue weighted by Gasteiger charge is 2.39. The van der Waals surface area contributed by atoms with Crippen LogP contribution in [-0.4, -0.2) is 59.8 Å². The topological polar surface area (TPSA) is 93.1 Å². The number of hydrogen-bond acceptors (Lipinski definition) is 6. The van der Waals surface area contributed by atoms with E-state index in [4.69, 9.17) is 9.84 Å². The largest absolute Gasteiger partial charge is 0.480 e. The quantitative estimate of drug-likeness (QED) is 0.613. The van der Waals surface area contributed by atoms with Crippen molar-refractivity contribution in [2.75, 3.05) is 13.7 Å². The van der Waals surface area contributed by atoms with Gasteiger partial charge in [-0.25, -0.2) is 0 Å². The zero-order valence-electron chi connectivity index (χ0n) is 13.3. The highest BCUT2D eigenvalue weighted by molar-refractivity contribution is 5.80. The molecule has 0 radical (unpaired) electrons. The summed E-state index contributed by atoms with van der Waals surface area (Å²) in [6.45, 7) is 7.99. The summed E-state index contributed by atoms with van der Waals surface area (Å²) in [5, 5.41) is 8.82. The Morgan fingerprint density at radius 3 is 2.10 bits per heavy atom. The van der Waals surface area contributed by atoms with E-state index in [0.717, 1.165) is 0 Å². The molecule has 7 nitrogen and oxygen atoms in total. The van der Waals surface area contributed by atoms with Crippen molar-refractivity contribution in [1.82, 2.24) is 4.90 Å². The normalized spacial score (nSPS) is 22.0. The number of carboxylic acid groups (broad SMARTS) is 1. The van der Waals surface area contributed by atoms with E-state index in [0.29, 0.717) is 25.9 Å². The fourth-order valence-electron chi connectivity index (χ4n) is 1.90. The zero-order valence-corrected chi connectivity index (χ0v) is 13.3. The van der Waals surface area contributed by atoms with Crippen LogP contribution in [0.4, 0.5) is 0 Å². The van der Waals surface area contributed by atoms with E-state index < -0.39 is 18.1 Å². The predicted octanol–water partition coefficient (Wildman–Crippen LogP) is 1.05. The molecule has 1 aliphatic rings. The smallest absolute Gasteiger partial charge is 0.323 e. The SMILES string of the molecule is CC(C)(C)OC=O.CCOC(=O)C1CCC(C(=O)O)N1C. The van der Waals surface area contributed by atoms with Crippen molar-refractivity contribution in [1.29, 1.82) is 0 Å². The fraction of sp³-hybridized carbons (Fsp3) is 0.786. The molecule has 1 saturated heterocycles. The van der Waals surface area contributed by atoms with Gasteiger partial charge in [0.15, 0.2) is 0 Å². The molecule has 0 saturated carbocycles. The second-order valence-electron chi connectivity index (χ2n) is 5.69. The highest BCUT2D eigenvalue weighted by atomic mass is 16.5. The van der Waals surface area contributed by atoms with Gasteiger partial charge in [0, 0.05) is 0 Å². The molecule has 0 aromatic rings. The van der Waals surface area contributed by atoms with Crippen LogP contribution in [0.15, 0.2) is 0 Å². The van der Waals surface area contributed by atoms with E-state index in [-0.39, 0.29) is 11.6 Å². The molecule has 0 aromatic carbocycles. The van der Waals surface area contributed by atoms with Crippen LogP contribution >= 0.6 is 0 Å². The Labute approximate surface area is 125 Å². The van der Waals surface area contributed by atoms with E-state index in [2.05, 4.69) is 4.74 Å². The van der Waals surface area contributed by atoms with E-state index >= 15 is 0 Å². The number of carbonyl (C=O) groups is 3. The number of esters is 1. The van der Waals surface area contributed by atoms with Gasteiger partial charge in [-0.1, -0.05) is 0 Å². The van der Waals surface area contributed by atoms with Gasteiger partial charge in [0.2, 0.25) is 0 Å². The molecule has 0 amide bonds. The average Bonchev–Trinajstić information content (AvgIpc) is 2.70. The predicted molar refractivity (Wildman–Crippen MR) is 75.7 cm³/mol. The molecule has 1 fully saturated rings. The number of carbonyl (C=O) groups excluding carboxylic acids is 2. The van der Waals surface area contributed by atoms with Gasteiger partial charge in [0.1, 0.15) is 17.7 Å². The van der Waals surface area contributed by atoms with Gasteiger partial charge in [0.25, 0.3) is 6.47 Å². The molecule has 1 aliphatic heterocycles. The summed E-state index contributed by atoms with van der Waals surface area (Å²) < 4.78 is 9.40. The Bertz CT molecular complexity index is 363. The van der Waals surface area contributed by atoms with E-state index in [9.17, 15) is 14.4 Å². The second-order valence-corrected chi connectivity index (χ2v) is 5.69. The molecular weight excluding hydrogens is 278 g/mol. The molecule has 0 bridgehead atoms. The van der Waals surface area contributed by atoms with E-state index in [1.54, 1.807) is 18.9 Å². The Balaban J connectivity index is 0.000000486. The third kappa shape index (κ3) is 7.08. The molecule has 0 spiro atoms. The second kappa shape index (κ2) is 8.61. The minimum atomic E-state index is -0.876. The Kier molecular flexibility index (Phi) is 7.94. The van der Waals surface area contributed by atoms with Gasteiger partial charge >= 0.3 is 11.9 Å². The lowest BCUT2D eigenvalue weighted by Gasteiger charge is -2.21. The number of carboxylic acids is 1. The van der Waals surface area contributed by atoms with Gasteiger partial charge in [-0.2, -0.15) is 0 Å². The van der Waals surface area contributed by atoms with Crippen LogP contribution in [0.5, 0.6) is 0 Å². The zero-order chi connectivity index (χ0) is 16.6. The van der Waals surface area contributed by atoms with Crippen LogP contribution in [0.3, 0.4) is 0 Å². The first kappa shape index (κ1) is 19.4. The van der Waals surface area contributed by atoms with Gasteiger partial charge in [0.05, 0.1) is 6.61 Å². The van der Waals surface area contributed by atoms with Crippen LogP contribution < -0.4 is 0 Å². The number of hydrogen-bond donors (Lipinski definition) is 1. The number of ether oxygens (including phenoxy) is 2. The average molecular weight is 303 g/mol. The van der Waals surface area contributed by atoms with Crippen LogP contribution in [0, 0.1) is 0 Å². The monoisotopic (exact) mass is 303 g/mol. The lowest BCUT2D eigenvalue weighted by Crippen LogP contribution is -2.41. The van der Waals surface area contributed by atoms with Crippen molar-refractivity contribution in [2.45, 2.75) is 58.2 Å². The van der Waals surface area contributed by atoms with Crippen molar-refractivity contribution in [3.63, 3.8) is 0 Å². The molecule has 1 rings (SSSR count). The van der Waals surface area contributed by atoms with Crippen LogP contribution in [-0.2, 0) is 23.9 Å². The molecule has 0 aliphatic carbocycles. The standard InChI is InChI=1S/C9H15NO4.C5H10O2/c1-3-14-9(13)7-5-4-6(8(11)12)10(7)2;1-5(2,3)7-4-6/h6-7H,3-5H2,1-2H3,(H,11,12);4H,1-3H3. The van der Waals surface area contributed by atoms with Crippen molar-refractivity contribution >= 4 is 18.4 Å². The maximum absolute atomic E-state index is 11.4. The maximum atomic E-state index is 11.4. The van der Waals surface area contributed by atoms with Crippen molar-refractivity contribution < 1.29 is 29.0 Å². The summed E-state index contributed by atoms with van der Waals surface area (Å²) in [4.78, 5) is 33.3. The maximum Gasteiger partial charge on any atom is 0.323 e. The molecule has 0 aromatic heterocycles. The minimum Gasteiger partial charge on any atom is -0.480 e. The van der Waals surface area contributed by atoms with Crippen molar-refractivity contribution in [3.05, 3.63) is 0 Å². The Morgan fingerprint density at radius 1 is 1.29 bits per heavy atom. The first-order valence-corrected chi connectivity index (χ1v) is 6.86. The van der Waals surface area contributed by atoms with Crippen LogP contribution in [0.25, 0.3) is 0 Å². The summed E-state index contributed by atoms with van der Waals surface area (Å²) in [5.74, 6) is -1.20. The fourth-order valence-corrected chi connectivity index (χ4v) is 1.90. The molecule has 2 unspecified atom stereocenters. The van der Waals surface area contributed by atoms with E-state index in [1.807, 2.05) is 20.8 Å². The molecule has 7 heteroatoms. The first-order chi connectivity index (χ1) is 9.64. The van der Waals surface area contributed by atoms with Crippen molar-refractivity contribution in [2.24, 2.45) is 0 Å². The third-order valence-corrected chi connectivity index (χ3v) is 2.94. The molecule has 2 atom stereocenters. The van der Waals surface area contributed by atoms with Crippen LogP contribution in [0.1, 0.15) is 40.5 Å². The molecule has 21 heavy (non-hydrogen) atoms. The first-order valence-electron chi connectivity index (χ1n) is 6.86. The summed E-state index contributed by atoms with van der Waals surface area (Å²) in [5.41, 5.74) is -0.318. The summed E-state index contributed by atoms with van der Waals surface area (Å²) in [6.07, 6.45) is 1.07. The molecule has 1 N–H and O–H groups in total. The van der Waals surface area contributed by atoms with Gasteiger partial charge < -0.3 is 14.6 Å². The molecule has 1 heterocycles. The lowest BCUT2D eigenvalue weighted by atomic mass is 10.2. The third-order valence-electron chi connectivity index (χ3n) is 2.94. The van der Waals surface area contributed by atoms with Gasteiger partial charge in [-0.15, -0.1) is 0 Å². The number of nitrogens with zero attached hydrogens (tertiary/aromatic N) is 1. The summed E-state index contributed by atoms with van der Waals surface area (Å²) >= 11 is 0. The van der Waals surface area contributed by atoms with Gasteiger partial charge in [-0.05, 0) is 47.6 Å². The van der Waals surface area contributed by atoms with Crippen LogP contribution in [0.2, 0.25) is 0 Å². The summed E-state index contributed by atoms with van der Waals surface area (Å²) in [7, 11) is 1.65. The highest BCUT2D eigenvalue weighted by Crippen LogP contribution is 2.23. The van der Waals surface area contributed by atoms with Crippen molar-refractivity contribution in [3.8, 4) is 0 Å². The minimum absolute atomic E-state index is 0.318. The molecule has 122 valence electrons. The Morgan fingerprint density at radius 2 is 1.81 bits per heavy atom. The number of rotatable bonds is 4. The number of likely N-dealkylation sites (N-methyl/N-ethyl adjacent to an activating group) is 1. The lowest BCUT2D eigenvalue weighted by molar-refractivity contribution is -0.150. The summed E-state index contributed by atoms with van der Waals surface area (Å²) in [6, 6.07) is -0.944. The number of aliphatic carboxylic acids is 1. The Hall–Kier alpha value is -1.63. The molecular formula is C14H25NO6. The van der Waals surface area contributed by atoms with E-state index in [1.165, 1.54) is 0 Å².